The monoisotopic (exact) mass is 428 g/mol. The molecule has 1 amide bonds. The minimum Gasteiger partial charge on any atom is -0.329 e. The van der Waals surface area contributed by atoms with Crippen molar-refractivity contribution in [1.82, 2.24) is 9.71 Å². The van der Waals surface area contributed by atoms with Crippen molar-refractivity contribution in [2.24, 2.45) is 11.7 Å². The number of rotatable bonds is 7. The molecule has 1 fully saturated rings. The number of anilines is 1. The molecule has 30 heavy (non-hydrogen) atoms. The summed E-state index contributed by atoms with van der Waals surface area (Å²) in [5, 5.41) is 3.90. The average Bonchev–Trinajstić information content (AvgIpc) is 3.54. The van der Waals surface area contributed by atoms with Gasteiger partial charge in [-0.15, -0.1) is 0 Å². The summed E-state index contributed by atoms with van der Waals surface area (Å²) in [5.41, 5.74) is 6.76. The lowest BCUT2D eigenvalue weighted by Gasteiger charge is -2.08. The minimum atomic E-state index is -3.58. The Labute approximate surface area is 173 Å². The summed E-state index contributed by atoms with van der Waals surface area (Å²) in [6.07, 6.45) is 3.38. The largest absolute Gasteiger partial charge is 0.329 e. The molecule has 9 heteroatoms. The van der Waals surface area contributed by atoms with Crippen molar-refractivity contribution in [1.29, 1.82) is 0 Å². The number of pyridine rings is 1. The van der Waals surface area contributed by atoms with E-state index in [0.29, 0.717) is 22.9 Å². The number of halogens is 1. The molecule has 0 bridgehead atoms. The quantitative estimate of drug-likeness (QED) is 0.535. The fourth-order valence-electron chi connectivity index (χ4n) is 3.46. The third-order valence-corrected chi connectivity index (χ3v) is 6.64. The van der Waals surface area contributed by atoms with Crippen LogP contribution in [0, 0.1) is 11.7 Å². The number of nitrogens with two attached hydrogens (primary N) is 1. The second kappa shape index (κ2) is 8.10. The predicted molar refractivity (Wildman–Crippen MR) is 112 cm³/mol. The molecule has 0 spiro atoms. The zero-order valence-corrected chi connectivity index (χ0v) is 16.8. The molecule has 4 N–H and O–H groups in total. The van der Waals surface area contributed by atoms with E-state index in [2.05, 4.69) is 15.0 Å². The molecule has 0 radical (unpaired) electrons. The molecule has 2 aromatic carbocycles. The van der Waals surface area contributed by atoms with E-state index < -0.39 is 15.8 Å². The molecule has 2 atom stereocenters. The number of hydrogen-bond acceptors (Lipinski definition) is 5. The molecule has 1 aliphatic rings. The average molecular weight is 428 g/mol. The SMILES string of the molecule is NCCNS(=O)(=O)c1ccc([C@@H]2C[C@H]2C(=O)Nc2ccc3cncc(F)c3c2)cc1. The maximum atomic E-state index is 13.9. The van der Waals surface area contributed by atoms with Crippen molar-refractivity contribution < 1.29 is 17.6 Å². The molecule has 0 unspecified atom stereocenters. The van der Waals surface area contributed by atoms with E-state index in [1.54, 1.807) is 36.5 Å². The Morgan fingerprint density at radius 1 is 1.17 bits per heavy atom. The summed E-state index contributed by atoms with van der Waals surface area (Å²) in [7, 11) is -3.58. The van der Waals surface area contributed by atoms with E-state index in [4.69, 9.17) is 5.73 Å². The van der Waals surface area contributed by atoms with E-state index in [9.17, 15) is 17.6 Å². The second-order valence-electron chi connectivity index (χ2n) is 7.25. The standard InChI is InChI=1S/C21H21FN4O3S/c22-20-12-24-11-14-1-4-15(9-18(14)20)26-21(27)19-10-17(19)13-2-5-16(6-3-13)30(28,29)25-8-7-23/h1-6,9,11-12,17,19,25H,7-8,10,23H2,(H,26,27)/t17-,19+/m0/s1. The fraction of sp³-hybridized carbons (Fsp3) is 0.238. The van der Waals surface area contributed by atoms with E-state index >= 15 is 0 Å². The van der Waals surface area contributed by atoms with Gasteiger partial charge in [0.15, 0.2) is 0 Å². The van der Waals surface area contributed by atoms with Gasteiger partial charge in [-0.25, -0.2) is 17.5 Å². The van der Waals surface area contributed by atoms with E-state index in [0.717, 1.165) is 11.8 Å². The smallest absolute Gasteiger partial charge is 0.240 e. The molecular weight excluding hydrogens is 407 g/mol. The van der Waals surface area contributed by atoms with Crippen LogP contribution in [0.15, 0.2) is 59.8 Å². The first-order chi connectivity index (χ1) is 14.4. The number of hydrogen-bond donors (Lipinski definition) is 3. The zero-order valence-electron chi connectivity index (χ0n) is 16.0. The Morgan fingerprint density at radius 3 is 2.67 bits per heavy atom. The summed E-state index contributed by atoms with van der Waals surface area (Å²) in [5.74, 6) is -0.764. The van der Waals surface area contributed by atoms with Crippen molar-refractivity contribution in [2.75, 3.05) is 18.4 Å². The van der Waals surface area contributed by atoms with Crippen LogP contribution in [0.25, 0.3) is 10.8 Å². The first-order valence-corrected chi connectivity index (χ1v) is 11.0. The van der Waals surface area contributed by atoms with E-state index in [1.165, 1.54) is 12.1 Å². The van der Waals surface area contributed by atoms with Gasteiger partial charge in [0.25, 0.3) is 0 Å². The topological polar surface area (TPSA) is 114 Å². The zero-order chi connectivity index (χ0) is 21.3. The lowest BCUT2D eigenvalue weighted by molar-refractivity contribution is -0.117. The van der Waals surface area contributed by atoms with Crippen LogP contribution in [0.3, 0.4) is 0 Å². The summed E-state index contributed by atoms with van der Waals surface area (Å²) in [4.78, 5) is 16.6. The summed E-state index contributed by atoms with van der Waals surface area (Å²) < 4.78 is 40.6. The van der Waals surface area contributed by atoms with Crippen LogP contribution in [0.5, 0.6) is 0 Å². The van der Waals surface area contributed by atoms with Gasteiger partial charge in [-0.2, -0.15) is 0 Å². The van der Waals surface area contributed by atoms with Gasteiger partial charge in [-0.3, -0.25) is 9.78 Å². The highest BCUT2D eigenvalue weighted by Crippen LogP contribution is 2.48. The lowest BCUT2D eigenvalue weighted by atomic mass is 10.1. The number of sulfonamides is 1. The highest BCUT2D eigenvalue weighted by Gasteiger charge is 2.44. The second-order valence-corrected chi connectivity index (χ2v) is 9.02. The molecule has 0 aliphatic heterocycles. The van der Waals surface area contributed by atoms with Crippen LogP contribution in [0.1, 0.15) is 17.9 Å². The maximum absolute atomic E-state index is 13.9. The van der Waals surface area contributed by atoms with Gasteiger partial charge >= 0.3 is 0 Å². The third kappa shape index (κ3) is 4.18. The van der Waals surface area contributed by atoms with Crippen molar-refractivity contribution in [3.05, 3.63) is 66.2 Å². The first kappa shape index (κ1) is 20.4. The van der Waals surface area contributed by atoms with Crippen LogP contribution in [-0.4, -0.2) is 32.4 Å². The molecule has 4 rings (SSSR count). The number of amides is 1. The summed E-state index contributed by atoms with van der Waals surface area (Å²) in [6, 6.07) is 11.5. The molecule has 7 nitrogen and oxygen atoms in total. The van der Waals surface area contributed by atoms with Crippen molar-refractivity contribution in [3.63, 3.8) is 0 Å². The Balaban J connectivity index is 1.42. The number of nitrogens with zero attached hydrogens (tertiary/aromatic N) is 1. The van der Waals surface area contributed by atoms with Crippen molar-refractivity contribution >= 4 is 32.4 Å². The normalized spacial score (nSPS) is 18.3. The molecule has 0 saturated heterocycles. The summed E-state index contributed by atoms with van der Waals surface area (Å²) >= 11 is 0. The Morgan fingerprint density at radius 2 is 1.93 bits per heavy atom. The van der Waals surface area contributed by atoms with Crippen LogP contribution in [0.2, 0.25) is 0 Å². The summed E-state index contributed by atoms with van der Waals surface area (Å²) in [6.45, 7) is 0.390. The number of carbonyl (C=O) groups excluding carboxylic acids is 1. The number of carbonyl (C=O) groups is 1. The molecular formula is C21H21FN4O3S. The van der Waals surface area contributed by atoms with Crippen LogP contribution in [-0.2, 0) is 14.8 Å². The highest BCUT2D eigenvalue weighted by molar-refractivity contribution is 7.89. The maximum Gasteiger partial charge on any atom is 0.240 e. The van der Waals surface area contributed by atoms with Crippen molar-refractivity contribution in [3.8, 4) is 0 Å². The minimum absolute atomic E-state index is 0.0279. The van der Waals surface area contributed by atoms with Crippen LogP contribution in [0.4, 0.5) is 10.1 Å². The van der Waals surface area contributed by atoms with E-state index in [-0.39, 0.29) is 35.7 Å². The number of nitrogens with one attached hydrogen (secondary N) is 2. The van der Waals surface area contributed by atoms with Crippen LogP contribution >= 0.6 is 0 Å². The molecule has 1 saturated carbocycles. The van der Waals surface area contributed by atoms with Gasteiger partial charge in [0.2, 0.25) is 15.9 Å². The van der Waals surface area contributed by atoms with Gasteiger partial charge in [-0.1, -0.05) is 18.2 Å². The molecule has 156 valence electrons. The van der Waals surface area contributed by atoms with Crippen molar-refractivity contribution in [2.45, 2.75) is 17.2 Å². The van der Waals surface area contributed by atoms with Crippen LogP contribution < -0.4 is 15.8 Å². The predicted octanol–water partition coefficient (Wildman–Crippen LogP) is 2.35. The Kier molecular flexibility index (Phi) is 5.50. The van der Waals surface area contributed by atoms with Gasteiger partial charge < -0.3 is 11.1 Å². The molecule has 1 aromatic heterocycles. The molecule has 1 heterocycles. The first-order valence-electron chi connectivity index (χ1n) is 9.53. The molecule has 1 aliphatic carbocycles. The highest BCUT2D eigenvalue weighted by atomic mass is 32.2. The number of fused-ring (bicyclic) bond motifs is 1. The van der Waals surface area contributed by atoms with Gasteiger partial charge in [0.05, 0.1) is 11.1 Å². The molecule has 3 aromatic rings. The lowest BCUT2D eigenvalue weighted by Crippen LogP contribution is -2.29. The number of aromatic nitrogens is 1. The number of benzene rings is 2. The van der Waals surface area contributed by atoms with Gasteiger partial charge in [0, 0.05) is 41.7 Å². The van der Waals surface area contributed by atoms with Gasteiger partial charge in [-0.05, 0) is 42.2 Å². The van der Waals surface area contributed by atoms with E-state index in [1.807, 2.05) is 0 Å². The third-order valence-electron chi connectivity index (χ3n) is 5.16. The Hall–Kier alpha value is -2.88. The fourth-order valence-corrected chi connectivity index (χ4v) is 4.51. The van der Waals surface area contributed by atoms with Gasteiger partial charge in [0.1, 0.15) is 5.82 Å². The Bertz CT molecular complexity index is 1200.